The predicted octanol–water partition coefficient (Wildman–Crippen LogP) is 2.58. The van der Waals surface area contributed by atoms with E-state index in [2.05, 4.69) is 15.2 Å². The Balaban J connectivity index is 2.05. The lowest BCUT2D eigenvalue weighted by Crippen LogP contribution is -2.30. The Morgan fingerprint density at radius 2 is 1.89 bits per heavy atom. The van der Waals surface area contributed by atoms with Gasteiger partial charge in [0.15, 0.2) is 5.82 Å². The Morgan fingerprint density at radius 1 is 1.18 bits per heavy atom. The maximum absolute atomic E-state index is 13.1. The number of methoxy groups -OCH3 is 1. The van der Waals surface area contributed by atoms with Crippen LogP contribution >= 0.6 is 0 Å². The molecule has 0 aliphatic carbocycles. The van der Waals surface area contributed by atoms with Crippen LogP contribution in [-0.4, -0.2) is 39.9 Å². The van der Waals surface area contributed by atoms with Gasteiger partial charge in [-0.1, -0.05) is 6.07 Å². The molecule has 10 heteroatoms. The van der Waals surface area contributed by atoms with Crippen LogP contribution in [0.3, 0.4) is 0 Å². The SMILES string of the molecule is COC(=O)CNC(=O)c1cnn(-c2cccc(C(F)(F)F)c2)c1-n1cccc1. The summed E-state index contributed by atoms with van der Waals surface area (Å²) in [6, 6.07) is 7.99. The molecule has 0 saturated heterocycles. The Bertz CT molecular complexity index is 994. The summed E-state index contributed by atoms with van der Waals surface area (Å²) in [6.45, 7) is -0.352. The van der Waals surface area contributed by atoms with Gasteiger partial charge in [-0.15, -0.1) is 0 Å². The molecule has 3 rings (SSSR count). The second-order valence-electron chi connectivity index (χ2n) is 5.69. The molecule has 3 aromatic rings. The summed E-state index contributed by atoms with van der Waals surface area (Å²) < 4.78 is 46.4. The molecule has 2 aromatic heterocycles. The minimum absolute atomic E-state index is 0.0810. The Labute approximate surface area is 157 Å². The van der Waals surface area contributed by atoms with Crippen molar-refractivity contribution >= 4 is 11.9 Å². The highest BCUT2D eigenvalue weighted by molar-refractivity contribution is 5.98. The van der Waals surface area contributed by atoms with Gasteiger partial charge in [-0.3, -0.25) is 9.59 Å². The molecule has 0 bridgehead atoms. The van der Waals surface area contributed by atoms with E-state index < -0.39 is 23.6 Å². The van der Waals surface area contributed by atoms with E-state index in [1.165, 1.54) is 30.1 Å². The lowest BCUT2D eigenvalue weighted by Gasteiger charge is -2.13. The fourth-order valence-electron chi connectivity index (χ4n) is 2.55. The Kier molecular flexibility index (Phi) is 5.21. The van der Waals surface area contributed by atoms with Crippen molar-refractivity contribution in [1.29, 1.82) is 0 Å². The zero-order valence-corrected chi connectivity index (χ0v) is 14.6. The van der Waals surface area contributed by atoms with Gasteiger partial charge >= 0.3 is 12.1 Å². The summed E-state index contributed by atoms with van der Waals surface area (Å²) in [7, 11) is 1.19. The molecule has 0 spiro atoms. The molecule has 1 aromatic carbocycles. The van der Waals surface area contributed by atoms with Gasteiger partial charge < -0.3 is 14.6 Å². The number of carbonyl (C=O) groups is 2. The summed E-state index contributed by atoms with van der Waals surface area (Å²) >= 11 is 0. The van der Waals surface area contributed by atoms with Crippen molar-refractivity contribution in [2.24, 2.45) is 0 Å². The van der Waals surface area contributed by atoms with Crippen molar-refractivity contribution in [3.63, 3.8) is 0 Å². The van der Waals surface area contributed by atoms with Gasteiger partial charge in [-0.05, 0) is 30.3 Å². The number of hydrogen-bond acceptors (Lipinski definition) is 4. The van der Waals surface area contributed by atoms with Crippen molar-refractivity contribution in [3.05, 3.63) is 66.1 Å². The normalized spacial score (nSPS) is 11.3. The molecule has 146 valence electrons. The van der Waals surface area contributed by atoms with E-state index in [9.17, 15) is 22.8 Å². The number of nitrogens with zero attached hydrogens (tertiary/aromatic N) is 3. The molecule has 0 aliphatic rings. The number of aromatic nitrogens is 3. The van der Waals surface area contributed by atoms with Crippen molar-refractivity contribution in [2.45, 2.75) is 6.18 Å². The first-order valence-corrected chi connectivity index (χ1v) is 8.05. The van der Waals surface area contributed by atoms with Gasteiger partial charge in [0.1, 0.15) is 12.1 Å². The molecule has 1 amide bonds. The fourth-order valence-corrected chi connectivity index (χ4v) is 2.55. The van der Waals surface area contributed by atoms with Crippen LogP contribution in [0.4, 0.5) is 13.2 Å². The highest BCUT2D eigenvalue weighted by Gasteiger charge is 2.31. The zero-order chi connectivity index (χ0) is 20.3. The summed E-state index contributed by atoms with van der Waals surface area (Å²) in [5.74, 6) is -1.03. The van der Waals surface area contributed by atoms with Crippen LogP contribution < -0.4 is 5.32 Å². The van der Waals surface area contributed by atoms with Gasteiger partial charge in [0.2, 0.25) is 0 Å². The largest absolute Gasteiger partial charge is 0.468 e. The standard InChI is InChI=1S/C18H15F3N4O3/c1-28-15(26)11-22-16(27)14-10-23-25(17(14)24-7-2-3-8-24)13-6-4-5-12(9-13)18(19,20)21/h2-10H,11H2,1H3,(H,22,27). The van der Waals surface area contributed by atoms with E-state index in [0.717, 1.165) is 12.1 Å². The number of esters is 1. The van der Waals surface area contributed by atoms with E-state index in [-0.39, 0.29) is 23.6 Å². The summed E-state index contributed by atoms with van der Waals surface area (Å²) in [5.41, 5.74) is -0.626. The first-order chi connectivity index (χ1) is 13.3. The molecule has 28 heavy (non-hydrogen) atoms. The maximum atomic E-state index is 13.1. The summed E-state index contributed by atoms with van der Waals surface area (Å²) in [5, 5.41) is 6.48. The van der Waals surface area contributed by atoms with Crippen LogP contribution in [0, 0.1) is 0 Å². The van der Waals surface area contributed by atoms with Crippen molar-refractivity contribution in [1.82, 2.24) is 19.7 Å². The molecule has 0 aliphatic heterocycles. The Hall–Kier alpha value is -3.56. The number of hydrogen-bond donors (Lipinski definition) is 1. The number of amides is 1. The first kappa shape index (κ1) is 19.2. The second kappa shape index (κ2) is 7.59. The van der Waals surface area contributed by atoms with Gasteiger partial charge in [-0.25, -0.2) is 4.68 Å². The van der Waals surface area contributed by atoms with Crippen LogP contribution in [0.1, 0.15) is 15.9 Å². The lowest BCUT2D eigenvalue weighted by molar-refractivity contribution is -0.139. The van der Waals surface area contributed by atoms with Gasteiger partial charge in [0.05, 0.1) is 24.6 Å². The third-order valence-electron chi connectivity index (χ3n) is 3.88. The van der Waals surface area contributed by atoms with Gasteiger partial charge in [0.25, 0.3) is 5.91 Å². The molecule has 7 nitrogen and oxygen atoms in total. The number of nitrogens with one attached hydrogen (secondary N) is 1. The molecule has 1 N–H and O–H groups in total. The quantitative estimate of drug-likeness (QED) is 0.677. The zero-order valence-electron chi connectivity index (χ0n) is 14.6. The fraction of sp³-hybridized carbons (Fsp3) is 0.167. The van der Waals surface area contributed by atoms with Crippen LogP contribution in [0.5, 0.6) is 0 Å². The number of benzene rings is 1. The number of carbonyl (C=O) groups excluding carboxylic acids is 2. The Morgan fingerprint density at radius 3 is 2.54 bits per heavy atom. The average Bonchev–Trinajstić information content (AvgIpc) is 3.34. The van der Waals surface area contributed by atoms with Crippen molar-refractivity contribution in [3.8, 4) is 11.5 Å². The first-order valence-electron chi connectivity index (χ1n) is 8.05. The number of ether oxygens (including phenoxy) is 1. The molecule has 0 radical (unpaired) electrons. The van der Waals surface area contributed by atoms with Gasteiger partial charge in [0, 0.05) is 12.4 Å². The van der Waals surface area contributed by atoms with E-state index in [1.54, 1.807) is 29.1 Å². The highest BCUT2D eigenvalue weighted by atomic mass is 19.4. The smallest absolute Gasteiger partial charge is 0.416 e. The van der Waals surface area contributed by atoms with E-state index in [1.807, 2.05) is 0 Å². The third-order valence-corrected chi connectivity index (χ3v) is 3.88. The highest BCUT2D eigenvalue weighted by Crippen LogP contribution is 2.31. The van der Waals surface area contributed by atoms with Crippen LogP contribution in [0.2, 0.25) is 0 Å². The molecule has 0 unspecified atom stereocenters. The summed E-state index contributed by atoms with van der Waals surface area (Å²) in [4.78, 5) is 23.7. The maximum Gasteiger partial charge on any atom is 0.416 e. The van der Waals surface area contributed by atoms with E-state index in [4.69, 9.17) is 0 Å². The molecular formula is C18H15F3N4O3. The van der Waals surface area contributed by atoms with Crippen LogP contribution in [0.25, 0.3) is 11.5 Å². The molecule has 0 saturated carbocycles. The average molecular weight is 392 g/mol. The van der Waals surface area contributed by atoms with E-state index in [0.29, 0.717) is 0 Å². The van der Waals surface area contributed by atoms with Crippen molar-refractivity contribution in [2.75, 3.05) is 13.7 Å². The summed E-state index contributed by atoms with van der Waals surface area (Å²) in [6.07, 6.45) is -0.0455. The van der Waals surface area contributed by atoms with Crippen LogP contribution in [0.15, 0.2) is 55.0 Å². The number of halogens is 3. The molecular weight excluding hydrogens is 377 g/mol. The topological polar surface area (TPSA) is 78.2 Å². The molecule has 0 fully saturated rings. The predicted molar refractivity (Wildman–Crippen MR) is 92.2 cm³/mol. The third kappa shape index (κ3) is 3.90. The lowest BCUT2D eigenvalue weighted by atomic mass is 10.2. The van der Waals surface area contributed by atoms with Gasteiger partial charge in [-0.2, -0.15) is 18.3 Å². The van der Waals surface area contributed by atoms with Crippen molar-refractivity contribution < 1.29 is 27.5 Å². The molecule has 2 heterocycles. The van der Waals surface area contributed by atoms with Crippen LogP contribution in [-0.2, 0) is 15.7 Å². The molecule has 0 atom stereocenters. The minimum Gasteiger partial charge on any atom is -0.468 e. The minimum atomic E-state index is -4.52. The second-order valence-corrected chi connectivity index (χ2v) is 5.69. The monoisotopic (exact) mass is 392 g/mol. The van der Waals surface area contributed by atoms with E-state index >= 15 is 0 Å². The number of alkyl halides is 3. The number of rotatable bonds is 5.